The summed E-state index contributed by atoms with van der Waals surface area (Å²) in [4.78, 5) is 0. The predicted octanol–water partition coefficient (Wildman–Crippen LogP) is 2.21. The first-order valence-electron chi connectivity index (χ1n) is 4.97. The van der Waals surface area contributed by atoms with Crippen molar-refractivity contribution in [3.8, 4) is 5.75 Å². The second-order valence-corrected chi connectivity index (χ2v) is 4.12. The Balaban J connectivity index is 3.22. The summed E-state index contributed by atoms with van der Waals surface area (Å²) in [5, 5.41) is 9.61. The van der Waals surface area contributed by atoms with E-state index in [1.807, 2.05) is 33.8 Å². The molecule has 0 aliphatic carbocycles. The first-order valence-corrected chi connectivity index (χ1v) is 4.97. The van der Waals surface area contributed by atoms with Crippen molar-refractivity contribution in [3.63, 3.8) is 0 Å². The van der Waals surface area contributed by atoms with Gasteiger partial charge in [0.25, 0.3) is 0 Å². The molecular formula is C12H19NO. The fourth-order valence-corrected chi connectivity index (χ4v) is 1.75. The number of hydrogen-bond acceptors (Lipinski definition) is 2. The van der Waals surface area contributed by atoms with Crippen LogP contribution in [-0.4, -0.2) is 11.1 Å². The summed E-state index contributed by atoms with van der Waals surface area (Å²) in [5.74, 6) is 0.383. The van der Waals surface area contributed by atoms with Gasteiger partial charge in [-0.25, -0.2) is 0 Å². The average Bonchev–Trinajstić information content (AvgIpc) is 2.09. The van der Waals surface area contributed by atoms with E-state index in [1.165, 1.54) is 11.1 Å². The van der Waals surface area contributed by atoms with Gasteiger partial charge in [-0.3, -0.25) is 0 Å². The van der Waals surface area contributed by atoms with E-state index in [0.717, 1.165) is 17.5 Å². The van der Waals surface area contributed by atoms with E-state index in [-0.39, 0.29) is 6.04 Å². The number of nitrogens with two attached hydrogens (primary N) is 1. The maximum absolute atomic E-state index is 9.61. The van der Waals surface area contributed by atoms with Crippen molar-refractivity contribution < 1.29 is 5.11 Å². The summed E-state index contributed by atoms with van der Waals surface area (Å²) >= 11 is 0. The first-order chi connectivity index (χ1) is 6.43. The van der Waals surface area contributed by atoms with Gasteiger partial charge in [0.15, 0.2) is 0 Å². The predicted molar refractivity (Wildman–Crippen MR) is 59.7 cm³/mol. The van der Waals surface area contributed by atoms with Crippen molar-refractivity contribution in [2.45, 2.75) is 40.2 Å². The molecule has 0 fully saturated rings. The standard InChI is InChI=1S/C12H19NO/c1-7-5-12(14)10(4)9(3)11(7)6-8(2)13/h5,8,14H,6,13H2,1-4H3. The highest BCUT2D eigenvalue weighted by Crippen LogP contribution is 2.27. The Labute approximate surface area is 85.8 Å². The van der Waals surface area contributed by atoms with Gasteiger partial charge in [-0.2, -0.15) is 0 Å². The molecule has 3 N–H and O–H groups in total. The van der Waals surface area contributed by atoms with Crippen molar-refractivity contribution in [2.24, 2.45) is 5.73 Å². The van der Waals surface area contributed by atoms with Crippen molar-refractivity contribution in [2.75, 3.05) is 0 Å². The monoisotopic (exact) mass is 193 g/mol. The maximum Gasteiger partial charge on any atom is 0.119 e. The van der Waals surface area contributed by atoms with E-state index in [9.17, 15) is 5.11 Å². The first kappa shape index (κ1) is 11.1. The van der Waals surface area contributed by atoms with E-state index in [2.05, 4.69) is 0 Å². The molecule has 0 radical (unpaired) electrons. The summed E-state index contributed by atoms with van der Waals surface area (Å²) in [6.45, 7) is 8.00. The molecule has 2 heteroatoms. The fraction of sp³-hybridized carbons (Fsp3) is 0.500. The zero-order valence-electron chi connectivity index (χ0n) is 9.39. The molecule has 2 nitrogen and oxygen atoms in total. The second kappa shape index (κ2) is 4.01. The SMILES string of the molecule is Cc1cc(O)c(C)c(C)c1CC(C)N. The van der Waals surface area contributed by atoms with E-state index < -0.39 is 0 Å². The Morgan fingerprint density at radius 2 is 1.86 bits per heavy atom. The highest BCUT2D eigenvalue weighted by Gasteiger charge is 2.10. The number of phenols is 1. The van der Waals surface area contributed by atoms with E-state index >= 15 is 0 Å². The number of aryl methyl sites for hydroxylation is 1. The molecule has 0 aliphatic rings. The summed E-state index contributed by atoms with van der Waals surface area (Å²) in [7, 11) is 0. The number of benzene rings is 1. The third kappa shape index (κ3) is 2.07. The van der Waals surface area contributed by atoms with Crippen molar-refractivity contribution in [1.29, 1.82) is 0 Å². The molecule has 1 aromatic rings. The molecule has 78 valence electrons. The number of aromatic hydroxyl groups is 1. The van der Waals surface area contributed by atoms with Crippen LogP contribution in [0.15, 0.2) is 6.07 Å². The largest absolute Gasteiger partial charge is 0.508 e. The lowest BCUT2D eigenvalue weighted by Gasteiger charge is -2.15. The highest BCUT2D eigenvalue weighted by molar-refractivity contribution is 5.47. The quantitative estimate of drug-likeness (QED) is 0.756. The Morgan fingerprint density at radius 1 is 1.29 bits per heavy atom. The molecule has 0 bridgehead atoms. The third-order valence-corrected chi connectivity index (χ3v) is 2.75. The molecule has 0 saturated carbocycles. The average molecular weight is 193 g/mol. The molecule has 0 spiro atoms. The molecule has 0 heterocycles. The van der Waals surface area contributed by atoms with Gasteiger partial charge in [-0.05, 0) is 62.4 Å². The molecule has 1 rings (SSSR count). The van der Waals surface area contributed by atoms with Crippen LogP contribution in [-0.2, 0) is 6.42 Å². The van der Waals surface area contributed by atoms with E-state index in [4.69, 9.17) is 5.73 Å². The lowest BCUT2D eigenvalue weighted by molar-refractivity contribution is 0.469. The Bertz CT molecular complexity index is 343. The molecule has 0 aromatic heterocycles. The van der Waals surface area contributed by atoms with Crippen molar-refractivity contribution in [3.05, 3.63) is 28.3 Å². The van der Waals surface area contributed by atoms with E-state index in [0.29, 0.717) is 5.75 Å². The Hall–Kier alpha value is -1.02. The zero-order valence-corrected chi connectivity index (χ0v) is 9.39. The lowest BCUT2D eigenvalue weighted by atomic mass is 9.93. The molecule has 0 amide bonds. The van der Waals surface area contributed by atoms with Gasteiger partial charge in [0, 0.05) is 6.04 Å². The topological polar surface area (TPSA) is 46.2 Å². The normalized spacial score (nSPS) is 12.9. The summed E-state index contributed by atoms with van der Waals surface area (Å²) in [6.07, 6.45) is 0.874. The van der Waals surface area contributed by atoms with Crippen LogP contribution in [0.1, 0.15) is 29.2 Å². The van der Waals surface area contributed by atoms with Gasteiger partial charge in [0.2, 0.25) is 0 Å². The summed E-state index contributed by atoms with van der Waals surface area (Å²) < 4.78 is 0. The molecule has 0 aliphatic heterocycles. The second-order valence-electron chi connectivity index (χ2n) is 4.12. The summed E-state index contributed by atoms with van der Waals surface area (Å²) in [6, 6.07) is 1.98. The zero-order chi connectivity index (χ0) is 10.9. The molecule has 1 unspecified atom stereocenters. The Kier molecular flexibility index (Phi) is 3.17. The van der Waals surface area contributed by atoms with Gasteiger partial charge >= 0.3 is 0 Å². The minimum Gasteiger partial charge on any atom is -0.508 e. The van der Waals surface area contributed by atoms with Gasteiger partial charge in [-0.1, -0.05) is 0 Å². The van der Waals surface area contributed by atoms with Crippen LogP contribution in [0.5, 0.6) is 5.75 Å². The minimum atomic E-state index is 0.163. The van der Waals surface area contributed by atoms with Crippen LogP contribution < -0.4 is 5.73 Å². The number of rotatable bonds is 2. The minimum absolute atomic E-state index is 0.163. The molecular weight excluding hydrogens is 174 g/mol. The van der Waals surface area contributed by atoms with Crippen LogP contribution in [0.3, 0.4) is 0 Å². The van der Waals surface area contributed by atoms with Gasteiger partial charge in [0.1, 0.15) is 5.75 Å². The number of hydrogen-bond donors (Lipinski definition) is 2. The highest BCUT2D eigenvalue weighted by atomic mass is 16.3. The maximum atomic E-state index is 9.61. The molecule has 1 atom stereocenters. The Morgan fingerprint density at radius 3 is 2.36 bits per heavy atom. The third-order valence-electron chi connectivity index (χ3n) is 2.75. The van der Waals surface area contributed by atoms with Crippen LogP contribution in [0.25, 0.3) is 0 Å². The molecule has 0 saturated heterocycles. The van der Waals surface area contributed by atoms with Crippen molar-refractivity contribution in [1.82, 2.24) is 0 Å². The van der Waals surface area contributed by atoms with Gasteiger partial charge < -0.3 is 10.8 Å². The smallest absolute Gasteiger partial charge is 0.119 e. The lowest BCUT2D eigenvalue weighted by Crippen LogP contribution is -2.19. The van der Waals surface area contributed by atoms with Crippen LogP contribution >= 0.6 is 0 Å². The summed E-state index contributed by atoms with van der Waals surface area (Å²) in [5.41, 5.74) is 10.3. The molecule has 1 aromatic carbocycles. The van der Waals surface area contributed by atoms with Crippen LogP contribution in [0, 0.1) is 20.8 Å². The number of phenolic OH excluding ortho intramolecular Hbond substituents is 1. The van der Waals surface area contributed by atoms with Crippen LogP contribution in [0.4, 0.5) is 0 Å². The molecule has 14 heavy (non-hydrogen) atoms. The van der Waals surface area contributed by atoms with Crippen LogP contribution in [0.2, 0.25) is 0 Å². The van der Waals surface area contributed by atoms with Gasteiger partial charge in [0.05, 0.1) is 0 Å². The van der Waals surface area contributed by atoms with Gasteiger partial charge in [-0.15, -0.1) is 0 Å². The van der Waals surface area contributed by atoms with Crippen molar-refractivity contribution >= 4 is 0 Å². The fourth-order valence-electron chi connectivity index (χ4n) is 1.75. The van der Waals surface area contributed by atoms with E-state index in [1.54, 1.807) is 0 Å².